The van der Waals surface area contributed by atoms with Gasteiger partial charge in [-0.1, -0.05) is 37.2 Å². The van der Waals surface area contributed by atoms with Gasteiger partial charge in [0.1, 0.15) is 23.5 Å². The first-order chi connectivity index (χ1) is 15.8. The molecule has 0 bridgehead atoms. The van der Waals surface area contributed by atoms with Crippen molar-refractivity contribution in [2.24, 2.45) is 5.41 Å². The normalized spacial score (nSPS) is 11.7. The predicted octanol–water partition coefficient (Wildman–Crippen LogP) is 3.78. The number of anilines is 1. The predicted molar refractivity (Wildman–Crippen MR) is 118 cm³/mol. The highest BCUT2D eigenvalue weighted by Crippen LogP contribution is 2.27. The molecule has 0 atom stereocenters. The van der Waals surface area contributed by atoms with Gasteiger partial charge in [0.2, 0.25) is 0 Å². The highest BCUT2D eigenvalue weighted by atomic mass is 19.1. The first kappa shape index (κ1) is 22.5. The maximum atomic E-state index is 14.5. The van der Waals surface area contributed by atoms with Gasteiger partial charge in [-0.05, 0) is 12.1 Å². The van der Waals surface area contributed by atoms with E-state index in [-0.39, 0.29) is 30.6 Å². The van der Waals surface area contributed by atoms with E-state index in [9.17, 15) is 13.9 Å². The standard InChI is InChI=1S/C23H24F2N6O2/c1-23(2,14-32)13-30(3)22-17(25)11-26-21(27-22)19-10-20(18-8-9-33-29-18)31(28-19)12-15-6-4-5-7-16(15)24/h4-11,32H,12-14H2,1-3H3. The summed E-state index contributed by atoms with van der Waals surface area (Å²) < 4.78 is 35.3. The van der Waals surface area contributed by atoms with Crippen LogP contribution in [-0.4, -0.2) is 50.2 Å². The van der Waals surface area contributed by atoms with Crippen molar-refractivity contribution in [2.75, 3.05) is 25.1 Å². The zero-order valence-electron chi connectivity index (χ0n) is 18.5. The van der Waals surface area contributed by atoms with E-state index in [1.807, 2.05) is 13.8 Å². The van der Waals surface area contributed by atoms with Crippen molar-refractivity contribution in [3.8, 4) is 22.9 Å². The maximum absolute atomic E-state index is 14.5. The fraction of sp³-hybridized carbons (Fsp3) is 0.304. The molecule has 4 rings (SSSR count). The molecular formula is C23H24F2N6O2. The third kappa shape index (κ3) is 4.90. The third-order valence-electron chi connectivity index (χ3n) is 5.17. The summed E-state index contributed by atoms with van der Waals surface area (Å²) in [6, 6.07) is 9.79. The van der Waals surface area contributed by atoms with Crippen LogP contribution in [0.1, 0.15) is 19.4 Å². The average molecular weight is 454 g/mol. The van der Waals surface area contributed by atoms with Crippen LogP contribution in [0, 0.1) is 17.0 Å². The zero-order valence-corrected chi connectivity index (χ0v) is 18.5. The summed E-state index contributed by atoms with van der Waals surface area (Å²) in [5, 5.41) is 18.1. The monoisotopic (exact) mass is 454 g/mol. The average Bonchev–Trinajstić information content (AvgIpc) is 3.45. The van der Waals surface area contributed by atoms with Crippen LogP contribution in [0.4, 0.5) is 14.6 Å². The maximum Gasteiger partial charge on any atom is 0.183 e. The molecule has 0 unspecified atom stereocenters. The molecule has 0 fully saturated rings. The Balaban J connectivity index is 1.73. The number of nitrogens with zero attached hydrogens (tertiary/aromatic N) is 6. The first-order valence-electron chi connectivity index (χ1n) is 10.3. The van der Waals surface area contributed by atoms with Crippen LogP contribution in [0.15, 0.2) is 53.4 Å². The summed E-state index contributed by atoms with van der Waals surface area (Å²) in [5.74, 6) is -0.642. The van der Waals surface area contributed by atoms with Crippen molar-refractivity contribution >= 4 is 5.82 Å². The van der Waals surface area contributed by atoms with Gasteiger partial charge in [-0.2, -0.15) is 5.10 Å². The van der Waals surface area contributed by atoms with Gasteiger partial charge in [-0.3, -0.25) is 4.68 Å². The zero-order chi connectivity index (χ0) is 23.6. The van der Waals surface area contributed by atoms with Crippen LogP contribution < -0.4 is 4.90 Å². The van der Waals surface area contributed by atoms with E-state index in [1.54, 1.807) is 47.0 Å². The van der Waals surface area contributed by atoms with E-state index >= 15 is 0 Å². The van der Waals surface area contributed by atoms with Gasteiger partial charge >= 0.3 is 0 Å². The van der Waals surface area contributed by atoms with Gasteiger partial charge in [0, 0.05) is 37.2 Å². The van der Waals surface area contributed by atoms with Crippen molar-refractivity contribution in [3.05, 3.63) is 66.1 Å². The first-order valence-corrected chi connectivity index (χ1v) is 10.3. The van der Waals surface area contributed by atoms with Crippen LogP contribution in [-0.2, 0) is 6.54 Å². The second-order valence-corrected chi connectivity index (χ2v) is 8.59. The highest BCUT2D eigenvalue weighted by molar-refractivity contribution is 5.63. The van der Waals surface area contributed by atoms with Crippen LogP contribution in [0.3, 0.4) is 0 Å². The van der Waals surface area contributed by atoms with Crippen molar-refractivity contribution in [1.82, 2.24) is 24.9 Å². The fourth-order valence-electron chi connectivity index (χ4n) is 3.50. The summed E-state index contributed by atoms with van der Waals surface area (Å²) in [4.78, 5) is 10.1. The lowest BCUT2D eigenvalue weighted by atomic mass is 9.94. The minimum absolute atomic E-state index is 0.0571. The molecule has 10 heteroatoms. The molecule has 0 radical (unpaired) electrons. The van der Waals surface area contributed by atoms with E-state index in [0.717, 1.165) is 6.20 Å². The number of rotatable bonds is 8. The molecule has 0 aliphatic heterocycles. The largest absolute Gasteiger partial charge is 0.396 e. The Kier molecular flexibility index (Phi) is 6.19. The molecular weight excluding hydrogens is 430 g/mol. The Labute approximate surface area is 189 Å². The minimum Gasteiger partial charge on any atom is -0.396 e. The van der Waals surface area contributed by atoms with E-state index in [4.69, 9.17) is 4.52 Å². The summed E-state index contributed by atoms with van der Waals surface area (Å²) >= 11 is 0. The smallest absolute Gasteiger partial charge is 0.183 e. The molecule has 0 saturated heterocycles. The summed E-state index contributed by atoms with van der Waals surface area (Å²) in [6.07, 6.45) is 2.52. The van der Waals surface area contributed by atoms with E-state index in [2.05, 4.69) is 20.2 Å². The fourth-order valence-corrected chi connectivity index (χ4v) is 3.50. The number of hydrogen-bond donors (Lipinski definition) is 1. The van der Waals surface area contributed by atoms with Gasteiger partial charge in [-0.25, -0.2) is 18.7 Å². The lowest BCUT2D eigenvalue weighted by molar-refractivity contribution is 0.165. The lowest BCUT2D eigenvalue weighted by Gasteiger charge is -2.29. The summed E-state index contributed by atoms with van der Waals surface area (Å²) in [6.45, 7) is 4.21. The number of aliphatic hydroxyl groups excluding tert-OH is 1. The van der Waals surface area contributed by atoms with Gasteiger partial charge < -0.3 is 14.5 Å². The number of hydrogen-bond acceptors (Lipinski definition) is 7. The lowest BCUT2D eigenvalue weighted by Crippen LogP contribution is -2.35. The Bertz CT molecular complexity index is 1240. The topological polar surface area (TPSA) is 93.1 Å². The number of benzene rings is 1. The van der Waals surface area contributed by atoms with Crippen molar-refractivity contribution in [1.29, 1.82) is 0 Å². The van der Waals surface area contributed by atoms with Gasteiger partial charge in [0.05, 0.1) is 18.4 Å². The molecule has 0 amide bonds. The van der Waals surface area contributed by atoms with Crippen LogP contribution in [0.5, 0.6) is 0 Å². The van der Waals surface area contributed by atoms with Crippen LogP contribution in [0.2, 0.25) is 0 Å². The SMILES string of the molecule is CN(CC(C)(C)CO)c1nc(-c2cc(-c3ccon3)n(Cc3ccccc3F)n2)ncc1F. The number of aromatic nitrogens is 5. The van der Waals surface area contributed by atoms with Crippen LogP contribution >= 0.6 is 0 Å². The van der Waals surface area contributed by atoms with Gasteiger partial charge in [0.15, 0.2) is 17.5 Å². The second kappa shape index (κ2) is 9.07. The third-order valence-corrected chi connectivity index (χ3v) is 5.17. The molecule has 3 heterocycles. The minimum atomic E-state index is -0.586. The Morgan fingerprint density at radius 3 is 2.61 bits per heavy atom. The van der Waals surface area contributed by atoms with E-state index in [0.29, 0.717) is 29.2 Å². The Hall–Kier alpha value is -3.66. The van der Waals surface area contributed by atoms with Crippen molar-refractivity contribution < 1.29 is 18.4 Å². The molecule has 3 aromatic heterocycles. The van der Waals surface area contributed by atoms with Gasteiger partial charge in [-0.15, -0.1) is 0 Å². The molecule has 0 spiro atoms. The molecule has 0 saturated carbocycles. The number of aliphatic hydroxyl groups is 1. The highest BCUT2D eigenvalue weighted by Gasteiger charge is 2.23. The van der Waals surface area contributed by atoms with E-state index in [1.165, 1.54) is 12.3 Å². The van der Waals surface area contributed by atoms with Gasteiger partial charge in [0.25, 0.3) is 0 Å². The van der Waals surface area contributed by atoms with E-state index < -0.39 is 11.2 Å². The summed E-state index contributed by atoms with van der Waals surface area (Å²) in [7, 11) is 1.70. The second-order valence-electron chi connectivity index (χ2n) is 8.59. The van der Waals surface area contributed by atoms with Crippen LogP contribution in [0.25, 0.3) is 22.9 Å². The number of halogens is 2. The molecule has 0 aliphatic rings. The molecule has 8 nitrogen and oxygen atoms in total. The Morgan fingerprint density at radius 1 is 1.12 bits per heavy atom. The van der Waals surface area contributed by atoms with Crippen molar-refractivity contribution in [2.45, 2.75) is 20.4 Å². The molecule has 4 aromatic rings. The molecule has 1 aromatic carbocycles. The molecule has 172 valence electrons. The van der Waals surface area contributed by atoms with Crippen molar-refractivity contribution in [3.63, 3.8) is 0 Å². The summed E-state index contributed by atoms with van der Waals surface area (Å²) in [5.41, 5.74) is 1.46. The molecule has 0 aliphatic carbocycles. The quantitative estimate of drug-likeness (QED) is 0.433. The Morgan fingerprint density at radius 2 is 1.91 bits per heavy atom. The molecule has 33 heavy (non-hydrogen) atoms. The molecule has 1 N–H and O–H groups in total.